The van der Waals surface area contributed by atoms with Gasteiger partial charge in [-0.15, -0.1) is 0 Å². The van der Waals surface area contributed by atoms with E-state index in [4.69, 9.17) is 10.5 Å². The third kappa shape index (κ3) is 2.66. The number of ether oxygens (including phenoxy) is 1. The fraction of sp³-hybridized carbons (Fsp3) is 0.692. The zero-order chi connectivity index (χ0) is 13.0. The summed E-state index contributed by atoms with van der Waals surface area (Å²) in [5.74, 6) is 2.09. The van der Waals surface area contributed by atoms with E-state index < -0.39 is 0 Å². The molecule has 5 heteroatoms. The van der Waals surface area contributed by atoms with Crippen molar-refractivity contribution in [1.82, 2.24) is 9.97 Å². The Morgan fingerprint density at radius 2 is 2.28 bits per heavy atom. The van der Waals surface area contributed by atoms with Crippen molar-refractivity contribution in [3.05, 3.63) is 6.33 Å². The molecule has 0 spiro atoms. The van der Waals surface area contributed by atoms with Crippen LogP contribution >= 0.6 is 0 Å². The van der Waals surface area contributed by atoms with Gasteiger partial charge < -0.3 is 15.4 Å². The summed E-state index contributed by atoms with van der Waals surface area (Å²) >= 11 is 0. The van der Waals surface area contributed by atoms with Crippen LogP contribution in [-0.2, 0) is 0 Å². The number of anilines is 2. The Morgan fingerprint density at radius 1 is 1.44 bits per heavy atom. The fourth-order valence-corrected chi connectivity index (χ4v) is 2.54. The van der Waals surface area contributed by atoms with E-state index in [0.717, 1.165) is 24.8 Å². The minimum atomic E-state index is 0.501. The van der Waals surface area contributed by atoms with E-state index in [1.54, 1.807) is 0 Å². The molecule has 0 bridgehead atoms. The first-order chi connectivity index (χ1) is 8.76. The lowest BCUT2D eigenvalue weighted by molar-refractivity contribution is 0.328. The van der Waals surface area contributed by atoms with Crippen molar-refractivity contribution >= 4 is 11.5 Å². The summed E-state index contributed by atoms with van der Waals surface area (Å²) < 4.78 is 5.41. The highest BCUT2D eigenvalue weighted by atomic mass is 16.5. The summed E-state index contributed by atoms with van der Waals surface area (Å²) in [7, 11) is 0. The predicted octanol–water partition coefficient (Wildman–Crippen LogP) is 2.08. The van der Waals surface area contributed by atoms with Gasteiger partial charge in [-0.05, 0) is 25.7 Å². The fourth-order valence-electron chi connectivity index (χ4n) is 2.54. The van der Waals surface area contributed by atoms with Crippen LogP contribution < -0.4 is 15.4 Å². The van der Waals surface area contributed by atoms with E-state index >= 15 is 0 Å². The minimum Gasteiger partial charge on any atom is -0.476 e. The van der Waals surface area contributed by atoms with E-state index in [0.29, 0.717) is 18.2 Å². The zero-order valence-electron chi connectivity index (χ0n) is 11.2. The van der Waals surface area contributed by atoms with Gasteiger partial charge in [-0.2, -0.15) is 4.98 Å². The molecule has 0 saturated carbocycles. The van der Waals surface area contributed by atoms with Gasteiger partial charge in [0.2, 0.25) is 5.88 Å². The van der Waals surface area contributed by atoms with Crippen LogP contribution in [0.5, 0.6) is 5.88 Å². The van der Waals surface area contributed by atoms with Gasteiger partial charge in [-0.25, -0.2) is 4.98 Å². The van der Waals surface area contributed by atoms with Crippen LogP contribution in [0.3, 0.4) is 0 Å². The summed E-state index contributed by atoms with van der Waals surface area (Å²) in [6, 6.07) is 0. The van der Waals surface area contributed by atoms with Crippen LogP contribution in [0, 0.1) is 5.92 Å². The van der Waals surface area contributed by atoms with E-state index in [1.165, 1.54) is 25.6 Å². The van der Waals surface area contributed by atoms with Gasteiger partial charge in [0.15, 0.2) is 5.82 Å². The Bertz CT molecular complexity index is 397. The molecule has 2 N–H and O–H groups in total. The van der Waals surface area contributed by atoms with Crippen molar-refractivity contribution in [2.24, 2.45) is 5.92 Å². The summed E-state index contributed by atoms with van der Waals surface area (Å²) in [6.45, 7) is 6.79. The summed E-state index contributed by atoms with van der Waals surface area (Å²) in [5, 5.41) is 0. The van der Waals surface area contributed by atoms with E-state index in [9.17, 15) is 0 Å². The maximum absolute atomic E-state index is 6.08. The third-order valence-corrected chi connectivity index (χ3v) is 3.39. The molecule has 18 heavy (non-hydrogen) atoms. The molecule has 1 aliphatic rings. The Hall–Kier alpha value is -1.52. The second-order valence-electron chi connectivity index (χ2n) is 4.74. The minimum absolute atomic E-state index is 0.501. The molecule has 1 aromatic rings. The third-order valence-electron chi connectivity index (χ3n) is 3.39. The highest BCUT2D eigenvalue weighted by molar-refractivity contribution is 5.68. The lowest BCUT2D eigenvalue weighted by atomic mass is 10.0. The quantitative estimate of drug-likeness (QED) is 0.866. The average Bonchev–Trinajstić information content (AvgIpc) is 2.81. The molecule has 1 aliphatic heterocycles. The molecule has 1 unspecified atom stereocenters. The first-order valence-corrected chi connectivity index (χ1v) is 6.74. The average molecular weight is 250 g/mol. The standard InChI is InChI=1S/C13H22N4O/c1-3-5-10-6-7-17(8-10)12-11(14)13(18-4-2)16-9-15-12/h9-10H,3-8,14H2,1-2H3. The number of hydrogen-bond acceptors (Lipinski definition) is 5. The van der Waals surface area contributed by atoms with Crippen LogP contribution in [0.25, 0.3) is 0 Å². The normalized spacial score (nSPS) is 19.2. The molecule has 0 aromatic carbocycles. The Balaban J connectivity index is 2.12. The van der Waals surface area contributed by atoms with Crippen molar-refractivity contribution in [2.45, 2.75) is 33.1 Å². The van der Waals surface area contributed by atoms with Gasteiger partial charge in [0, 0.05) is 13.1 Å². The summed E-state index contributed by atoms with van der Waals surface area (Å²) in [6.07, 6.45) is 5.27. The van der Waals surface area contributed by atoms with Crippen LogP contribution in [0.15, 0.2) is 6.33 Å². The Morgan fingerprint density at radius 3 is 3.00 bits per heavy atom. The first kappa shape index (κ1) is 12.9. The lowest BCUT2D eigenvalue weighted by Gasteiger charge is -2.20. The van der Waals surface area contributed by atoms with Crippen LogP contribution in [0.2, 0.25) is 0 Å². The summed E-state index contributed by atoms with van der Waals surface area (Å²) in [5.41, 5.74) is 6.64. The second-order valence-corrected chi connectivity index (χ2v) is 4.74. The van der Waals surface area contributed by atoms with Crippen molar-refractivity contribution in [2.75, 3.05) is 30.3 Å². The number of rotatable bonds is 5. The molecule has 0 amide bonds. The maximum atomic E-state index is 6.08. The van der Waals surface area contributed by atoms with Gasteiger partial charge >= 0.3 is 0 Å². The first-order valence-electron chi connectivity index (χ1n) is 6.74. The molecular formula is C13H22N4O. The smallest absolute Gasteiger partial charge is 0.242 e. The lowest BCUT2D eigenvalue weighted by Crippen LogP contribution is -2.22. The zero-order valence-corrected chi connectivity index (χ0v) is 11.2. The topological polar surface area (TPSA) is 64.3 Å². The summed E-state index contributed by atoms with van der Waals surface area (Å²) in [4.78, 5) is 10.6. The molecule has 100 valence electrons. The number of aromatic nitrogens is 2. The van der Waals surface area contributed by atoms with Crippen LogP contribution in [-0.4, -0.2) is 29.7 Å². The van der Waals surface area contributed by atoms with Crippen molar-refractivity contribution < 1.29 is 4.74 Å². The van der Waals surface area contributed by atoms with Gasteiger partial charge in [-0.1, -0.05) is 13.3 Å². The SMILES string of the molecule is CCCC1CCN(c2ncnc(OCC)c2N)C1. The predicted molar refractivity (Wildman–Crippen MR) is 72.8 cm³/mol. The van der Waals surface area contributed by atoms with E-state index in [2.05, 4.69) is 21.8 Å². The molecule has 2 rings (SSSR count). The van der Waals surface area contributed by atoms with Gasteiger partial charge in [0.1, 0.15) is 12.0 Å². The number of nitrogens with two attached hydrogens (primary N) is 1. The van der Waals surface area contributed by atoms with Crippen LogP contribution in [0.1, 0.15) is 33.1 Å². The highest BCUT2D eigenvalue weighted by Crippen LogP contribution is 2.32. The van der Waals surface area contributed by atoms with Gasteiger partial charge in [0.05, 0.1) is 6.61 Å². The molecule has 1 fully saturated rings. The monoisotopic (exact) mass is 250 g/mol. The van der Waals surface area contributed by atoms with Crippen molar-refractivity contribution in [1.29, 1.82) is 0 Å². The maximum Gasteiger partial charge on any atom is 0.242 e. The highest BCUT2D eigenvalue weighted by Gasteiger charge is 2.25. The van der Waals surface area contributed by atoms with Gasteiger partial charge in [0.25, 0.3) is 0 Å². The molecular weight excluding hydrogens is 228 g/mol. The molecule has 1 saturated heterocycles. The van der Waals surface area contributed by atoms with E-state index in [1.807, 2.05) is 6.92 Å². The Labute approximate surface area is 108 Å². The van der Waals surface area contributed by atoms with Crippen LogP contribution in [0.4, 0.5) is 11.5 Å². The van der Waals surface area contributed by atoms with Crippen molar-refractivity contribution in [3.8, 4) is 5.88 Å². The van der Waals surface area contributed by atoms with Crippen molar-refractivity contribution in [3.63, 3.8) is 0 Å². The molecule has 2 heterocycles. The van der Waals surface area contributed by atoms with E-state index in [-0.39, 0.29) is 0 Å². The number of nitrogens with zero attached hydrogens (tertiary/aromatic N) is 3. The Kier molecular flexibility index (Phi) is 4.23. The molecule has 5 nitrogen and oxygen atoms in total. The largest absolute Gasteiger partial charge is 0.476 e. The van der Waals surface area contributed by atoms with Gasteiger partial charge in [-0.3, -0.25) is 0 Å². The number of nitrogen functional groups attached to an aromatic ring is 1. The molecule has 0 radical (unpaired) electrons. The molecule has 1 atom stereocenters. The second kappa shape index (κ2) is 5.89. The molecule has 1 aromatic heterocycles. The molecule has 0 aliphatic carbocycles. The number of hydrogen-bond donors (Lipinski definition) is 1.